The predicted octanol–water partition coefficient (Wildman–Crippen LogP) is 3.42. The zero-order chi connectivity index (χ0) is 18.6. The summed E-state index contributed by atoms with van der Waals surface area (Å²) < 4.78 is 20.3. The van der Waals surface area contributed by atoms with Gasteiger partial charge < -0.3 is 9.64 Å². The van der Waals surface area contributed by atoms with Gasteiger partial charge in [-0.15, -0.1) is 0 Å². The van der Waals surface area contributed by atoms with E-state index >= 15 is 0 Å². The Kier molecular flexibility index (Phi) is 5.29. The van der Waals surface area contributed by atoms with Gasteiger partial charge in [-0.1, -0.05) is 6.07 Å². The number of nitrogens with zero attached hydrogens (tertiary/aromatic N) is 4. The van der Waals surface area contributed by atoms with Crippen molar-refractivity contribution in [2.75, 3.05) is 26.3 Å². The highest BCUT2D eigenvalue weighted by atomic mass is 19.1. The molecule has 0 amide bonds. The van der Waals surface area contributed by atoms with Gasteiger partial charge in [-0.2, -0.15) is 5.10 Å². The normalized spacial score (nSPS) is 18.0. The molecule has 1 aromatic carbocycles. The number of benzene rings is 1. The van der Waals surface area contributed by atoms with Crippen LogP contribution >= 0.6 is 0 Å². The van der Waals surface area contributed by atoms with Gasteiger partial charge in [0.25, 0.3) is 0 Å². The minimum absolute atomic E-state index is 0.292. The maximum absolute atomic E-state index is 14.9. The van der Waals surface area contributed by atoms with Gasteiger partial charge in [0.2, 0.25) is 0 Å². The van der Waals surface area contributed by atoms with Gasteiger partial charge in [-0.05, 0) is 43.7 Å². The van der Waals surface area contributed by atoms with Crippen LogP contribution in [0, 0.1) is 18.7 Å². The van der Waals surface area contributed by atoms with Crippen LogP contribution in [0.15, 0.2) is 29.7 Å². The van der Waals surface area contributed by atoms with Crippen molar-refractivity contribution in [1.82, 2.24) is 20.1 Å². The van der Waals surface area contributed by atoms with E-state index in [2.05, 4.69) is 31.3 Å². The van der Waals surface area contributed by atoms with Crippen LogP contribution < -0.4 is 0 Å². The van der Waals surface area contributed by atoms with E-state index in [-0.39, 0.29) is 5.82 Å². The van der Waals surface area contributed by atoms with E-state index in [9.17, 15) is 4.39 Å². The second-order valence-electron chi connectivity index (χ2n) is 7.10. The number of rotatable bonds is 5. The lowest BCUT2D eigenvalue weighted by molar-refractivity contribution is 0.0620. The summed E-state index contributed by atoms with van der Waals surface area (Å²) >= 11 is 0. The Morgan fingerprint density at radius 3 is 2.85 bits per heavy atom. The van der Waals surface area contributed by atoms with E-state index in [0.717, 1.165) is 62.7 Å². The number of H-pyrrole nitrogens is 1. The molecule has 4 rings (SSSR count). The molecule has 1 fully saturated rings. The second-order valence-corrected chi connectivity index (χ2v) is 7.10. The smallest absolute Gasteiger partial charge is 0.158 e. The highest BCUT2D eigenvalue weighted by molar-refractivity contribution is 5.79. The van der Waals surface area contributed by atoms with Crippen LogP contribution in [-0.4, -0.2) is 52.6 Å². The number of hydrogen-bond donors (Lipinski definition) is 1. The summed E-state index contributed by atoms with van der Waals surface area (Å²) in [4.78, 5) is 10.8. The molecule has 2 aliphatic rings. The fourth-order valence-electron chi connectivity index (χ4n) is 3.66. The van der Waals surface area contributed by atoms with Gasteiger partial charge in [0, 0.05) is 37.7 Å². The van der Waals surface area contributed by atoms with E-state index in [0.29, 0.717) is 17.0 Å². The molecule has 2 aromatic rings. The van der Waals surface area contributed by atoms with Gasteiger partial charge in [0.15, 0.2) is 5.82 Å². The zero-order valence-corrected chi connectivity index (χ0v) is 15.5. The summed E-state index contributed by atoms with van der Waals surface area (Å²) in [5.41, 5.74) is 2.60. The third-order valence-corrected chi connectivity index (χ3v) is 5.35. The van der Waals surface area contributed by atoms with Gasteiger partial charge in [0.1, 0.15) is 12.1 Å². The Hall–Kier alpha value is -2.54. The standard InChI is InChI=1S/C20H24FN5O/c1-14-16(2-3-17(19(14)21)20-23-13-24-25-20)18-12-26(9-7-22-18)8-4-15-5-10-27-11-6-15/h2-3,7,12-13,15H,4-6,8-11H2,1H3,(H,23,24,25). The first kappa shape index (κ1) is 17.9. The summed E-state index contributed by atoms with van der Waals surface area (Å²) in [6.45, 7) is 5.32. The first-order valence-corrected chi connectivity index (χ1v) is 9.43. The van der Waals surface area contributed by atoms with Gasteiger partial charge in [-0.25, -0.2) is 9.37 Å². The highest BCUT2D eigenvalue weighted by Gasteiger charge is 2.19. The largest absolute Gasteiger partial charge is 0.381 e. The third-order valence-electron chi connectivity index (χ3n) is 5.35. The summed E-state index contributed by atoms with van der Waals surface area (Å²) in [7, 11) is 0. The number of halogens is 1. The third kappa shape index (κ3) is 3.93. The van der Waals surface area contributed by atoms with Crippen molar-refractivity contribution >= 4 is 11.9 Å². The van der Waals surface area contributed by atoms with Crippen LogP contribution in [0.3, 0.4) is 0 Å². The van der Waals surface area contributed by atoms with Crippen molar-refractivity contribution in [2.45, 2.75) is 26.2 Å². The maximum atomic E-state index is 14.9. The fourth-order valence-corrected chi connectivity index (χ4v) is 3.66. The SMILES string of the molecule is Cc1c(C2=CN(CCC3CCOCC3)CC=N2)ccc(-c2ncn[nH]2)c1F. The monoisotopic (exact) mass is 369 g/mol. The lowest BCUT2D eigenvalue weighted by Crippen LogP contribution is -2.27. The molecule has 0 spiro atoms. The molecule has 0 bridgehead atoms. The van der Waals surface area contributed by atoms with Crippen molar-refractivity contribution in [3.05, 3.63) is 41.6 Å². The first-order valence-electron chi connectivity index (χ1n) is 9.43. The minimum Gasteiger partial charge on any atom is -0.381 e. The molecule has 1 saturated heterocycles. The Morgan fingerprint density at radius 2 is 2.07 bits per heavy atom. The van der Waals surface area contributed by atoms with Crippen LogP contribution in [0.4, 0.5) is 4.39 Å². The van der Waals surface area contributed by atoms with Crippen molar-refractivity contribution in [3.63, 3.8) is 0 Å². The van der Waals surface area contributed by atoms with Crippen molar-refractivity contribution < 1.29 is 9.13 Å². The highest BCUT2D eigenvalue weighted by Crippen LogP contribution is 2.30. The molecule has 7 heteroatoms. The van der Waals surface area contributed by atoms with Crippen LogP contribution in [-0.2, 0) is 4.74 Å². The number of aromatic amines is 1. The Balaban J connectivity index is 1.50. The molecule has 1 N–H and O–H groups in total. The predicted molar refractivity (Wildman–Crippen MR) is 103 cm³/mol. The van der Waals surface area contributed by atoms with Crippen LogP contribution in [0.2, 0.25) is 0 Å². The topological polar surface area (TPSA) is 66.4 Å². The summed E-state index contributed by atoms with van der Waals surface area (Å²) in [5, 5.41) is 6.51. The zero-order valence-electron chi connectivity index (χ0n) is 15.5. The molecule has 0 atom stereocenters. The Bertz CT molecular complexity index is 840. The molecule has 2 aliphatic heterocycles. The molecule has 0 radical (unpaired) electrons. The average Bonchev–Trinajstić information content (AvgIpc) is 3.24. The van der Waals surface area contributed by atoms with Crippen LogP contribution in [0.5, 0.6) is 0 Å². The lowest BCUT2D eigenvalue weighted by Gasteiger charge is -2.27. The van der Waals surface area contributed by atoms with Crippen LogP contribution in [0.1, 0.15) is 30.4 Å². The first-order chi connectivity index (χ1) is 13.2. The molecule has 27 heavy (non-hydrogen) atoms. The van der Waals surface area contributed by atoms with Gasteiger partial charge >= 0.3 is 0 Å². The molecule has 3 heterocycles. The Labute approximate surface area is 158 Å². The average molecular weight is 369 g/mol. The minimum atomic E-state index is -0.292. The van der Waals surface area contributed by atoms with Crippen molar-refractivity contribution in [2.24, 2.45) is 10.9 Å². The van der Waals surface area contributed by atoms with Gasteiger partial charge in [-0.3, -0.25) is 10.1 Å². The van der Waals surface area contributed by atoms with Crippen molar-refractivity contribution in [3.8, 4) is 11.4 Å². The lowest BCUT2D eigenvalue weighted by atomic mass is 9.96. The molecule has 142 valence electrons. The molecule has 6 nitrogen and oxygen atoms in total. The quantitative estimate of drug-likeness (QED) is 0.877. The molecule has 0 saturated carbocycles. The number of aromatic nitrogens is 3. The summed E-state index contributed by atoms with van der Waals surface area (Å²) in [5.74, 6) is 0.871. The Morgan fingerprint density at radius 1 is 1.26 bits per heavy atom. The maximum Gasteiger partial charge on any atom is 0.158 e. The molecule has 0 unspecified atom stereocenters. The summed E-state index contributed by atoms with van der Waals surface area (Å²) in [6, 6.07) is 3.64. The van der Waals surface area contributed by atoms with E-state index in [1.807, 2.05) is 12.3 Å². The molecular formula is C20H24FN5O. The molecule has 0 aliphatic carbocycles. The molecular weight excluding hydrogens is 345 g/mol. The summed E-state index contributed by atoms with van der Waals surface area (Å²) in [6.07, 6.45) is 8.77. The van der Waals surface area contributed by atoms with Crippen LogP contribution in [0.25, 0.3) is 17.1 Å². The van der Waals surface area contributed by atoms with E-state index in [4.69, 9.17) is 4.74 Å². The van der Waals surface area contributed by atoms with Crippen molar-refractivity contribution in [1.29, 1.82) is 0 Å². The number of nitrogens with one attached hydrogen (secondary N) is 1. The van der Waals surface area contributed by atoms with Gasteiger partial charge in [0.05, 0.1) is 17.8 Å². The fraction of sp³-hybridized carbons (Fsp3) is 0.450. The number of hydrogen-bond acceptors (Lipinski definition) is 5. The molecule has 1 aromatic heterocycles. The van der Waals surface area contributed by atoms with E-state index in [1.165, 1.54) is 6.33 Å². The van der Waals surface area contributed by atoms with E-state index < -0.39 is 0 Å². The van der Waals surface area contributed by atoms with E-state index in [1.54, 1.807) is 13.0 Å². The second kappa shape index (κ2) is 8.00. The number of aliphatic imine (C=N–C) groups is 1. The number of ether oxygens (including phenoxy) is 1.